The molecule has 0 aliphatic heterocycles. The maximum absolute atomic E-state index is 12.2. The van der Waals surface area contributed by atoms with Crippen molar-refractivity contribution in [3.63, 3.8) is 0 Å². The van der Waals surface area contributed by atoms with Crippen molar-refractivity contribution in [1.82, 2.24) is 4.98 Å². The van der Waals surface area contributed by atoms with Crippen LogP contribution >= 0.6 is 27.3 Å². The Bertz CT molecular complexity index is 1300. The van der Waals surface area contributed by atoms with E-state index in [4.69, 9.17) is 4.74 Å². The second-order valence-electron chi connectivity index (χ2n) is 6.68. The first kappa shape index (κ1) is 22.3. The molecule has 0 radical (unpaired) electrons. The molecule has 0 fully saturated rings. The number of carbonyl (C=O) groups excluding carboxylic acids is 1. The fraction of sp³-hybridized carbons (Fsp3) is 0. The Morgan fingerprint density at radius 2 is 1.76 bits per heavy atom. The summed E-state index contributed by atoms with van der Waals surface area (Å²) in [5.41, 5.74) is 5.72. The summed E-state index contributed by atoms with van der Waals surface area (Å²) in [7, 11) is 0. The lowest BCUT2D eigenvalue weighted by Gasteiger charge is -2.04. The topological polar surface area (TPSA) is 107 Å². The Morgan fingerprint density at radius 3 is 2.42 bits per heavy atom. The molecule has 164 valence electrons. The number of halogens is 1. The van der Waals surface area contributed by atoms with Crippen LogP contribution in [0.3, 0.4) is 0 Å². The quantitative estimate of drug-likeness (QED) is 0.102. The molecule has 3 aromatic carbocycles. The van der Waals surface area contributed by atoms with Crippen molar-refractivity contribution >= 4 is 50.3 Å². The summed E-state index contributed by atoms with van der Waals surface area (Å²) < 4.78 is 6.31. The minimum Gasteiger partial charge on any atom is -0.423 e. The van der Waals surface area contributed by atoms with Crippen LogP contribution in [0.2, 0.25) is 0 Å². The summed E-state index contributed by atoms with van der Waals surface area (Å²) in [5.74, 6) is -0.249. The first-order valence-electron chi connectivity index (χ1n) is 9.55. The number of aromatic nitrogens is 1. The molecule has 0 bridgehead atoms. The van der Waals surface area contributed by atoms with E-state index in [1.807, 2.05) is 29.6 Å². The fourth-order valence-corrected chi connectivity index (χ4v) is 3.68. The molecule has 1 aromatic heterocycles. The van der Waals surface area contributed by atoms with Crippen molar-refractivity contribution in [2.75, 3.05) is 5.43 Å². The molecule has 0 aliphatic rings. The number of thiazole rings is 1. The number of nitro groups is 1. The summed E-state index contributed by atoms with van der Waals surface area (Å²) in [4.78, 5) is 26.9. The average molecular weight is 523 g/mol. The van der Waals surface area contributed by atoms with Crippen molar-refractivity contribution < 1.29 is 14.5 Å². The number of anilines is 1. The Morgan fingerprint density at radius 1 is 1.06 bits per heavy atom. The van der Waals surface area contributed by atoms with Crippen LogP contribution in [0.4, 0.5) is 10.8 Å². The van der Waals surface area contributed by atoms with Crippen LogP contribution in [0, 0.1) is 10.1 Å². The maximum Gasteiger partial charge on any atom is 0.343 e. The van der Waals surface area contributed by atoms with Crippen LogP contribution in [0.15, 0.2) is 87.8 Å². The molecule has 0 saturated carbocycles. The van der Waals surface area contributed by atoms with Crippen molar-refractivity contribution in [2.45, 2.75) is 0 Å². The predicted molar refractivity (Wildman–Crippen MR) is 131 cm³/mol. The van der Waals surface area contributed by atoms with Gasteiger partial charge in [-0.1, -0.05) is 28.1 Å². The van der Waals surface area contributed by atoms with Crippen LogP contribution < -0.4 is 10.2 Å². The summed E-state index contributed by atoms with van der Waals surface area (Å²) >= 11 is 4.87. The number of ether oxygens (including phenoxy) is 1. The number of esters is 1. The number of hydrogen-bond donors (Lipinski definition) is 1. The molecule has 8 nitrogen and oxygen atoms in total. The second-order valence-corrected chi connectivity index (χ2v) is 8.45. The third kappa shape index (κ3) is 5.88. The van der Waals surface area contributed by atoms with Crippen molar-refractivity contribution in [3.05, 3.63) is 104 Å². The number of nitrogens with zero attached hydrogens (tertiary/aromatic N) is 3. The minimum atomic E-state index is -0.599. The normalized spacial score (nSPS) is 10.8. The second kappa shape index (κ2) is 10.2. The number of rotatable bonds is 7. The molecule has 0 unspecified atom stereocenters. The van der Waals surface area contributed by atoms with E-state index >= 15 is 0 Å². The molecule has 0 aliphatic carbocycles. The molecule has 10 heteroatoms. The highest BCUT2D eigenvalue weighted by atomic mass is 79.9. The molecule has 0 spiro atoms. The van der Waals surface area contributed by atoms with Crippen LogP contribution in [0.1, 0.15) is 15.9 Å². The zero-order valence-electron chi connectivity index (χ0n) is 16.8. The van der Waals surface area contributed by atoms with Crippen LogP contribution in [-0.2, 0) is 0 Å². The van der Waals surface area contributed by atoms with E-state index in [2.05, 4.69) is 31.4 Å². The number of non-ortho nitro benzene ring substituents is 1. The van der Waals surface area contributed by atoms with E-state index in [-0.39, 0.29) is 11.3 Å². The van der Waals surface area contributed by atoms with Crippen LogP contribution in [-0.4, -0.2) is 22.1 Å². The number of nitrogens with one attached hydrogen (secondary N) is 1. The lowest BCUT2D eigenvalue weighted by molar-refractivity contribution is -0.384. The summed E-state index contributed by atoms with van der Waals surface area (Å²) in [6.07, 6.45) is 1.63. The molecule has 0 atom stereocenters. The third-order valence-corrected chi connectivity index (χ3v) is 5.70. The van der Waals surface area contributed by atoms with Crippen molar-refractivity contribution in [2.24, 2.45) is 5.10 Å². The van der Waals surface area contributed by atoms with Gasteiger partial charge in [-0.2, -0.15) is 5.10 Å². The number of carbonyl (C=O) groups is 1. The molecule has 0 amide bonds. The first-order valence-corrected chi connectivity index (χ1v) is 11.2. The maximum atomic E-state index is 12.2. The van der Waals surface area contributed by atoms with Crippen molar-refractivity contribution in [3.8, 4) is 17.0 Å². The van der Waals surface area contributed by atoms with E-state index in [0.29, 0.717) is 10.9 Å². The zero-order valence-corrected chi connectivity index (χ0v) is 19.2. The van der Waals surface area contributed by atoms with Gasteiger partial charge in [-0.15, -0.1) is 11.3 Å². The lowest BCUT2D eigenvalue weighted by Crippen LogP contribution is -2.08. The predicted octanol–water partition coefficient (Wildman–Crippen LogP) is 6.15. The Balaban J connectivity index is 1.32. The van der Waals surface area contributed by atoms with Gasteiger partial charge >= 0.3 is 5.97 Å². The minimum absolute atomic E-state index is 0.0916. The number of benzene rings is 3. The largest absolute Gasteiger partial charge is 0.423 e. The van der Waals surface area contributed by atoms with E-state index in [1.54, 1.807) is 30.5 Å². The van der Waals surface area contributed by atoms with Gasteiger partial charge in [0.1, 0.15) is 5.75 Å². The molecule has 4 rings (SSSR count). The highest BCUT2D eigenvalue weighted by molar-refractivity contribution is 9.10. The molecule has 1 heterocycles. The Labute approximate surface area is 200 Å². The van der Waals surface area contributed by atoms with Gasteiger partial charge < -0.3 is 4.74 Å². The highest BCUT2D eigenvalue weighted by Crippen LogP contribution is 2.26. The van der Waals surface area contributed by atoms with Gasteiger partial charge in [0.2, 0.25) is 5.13 Å². The van der Waals surface area contributed by atoms with Gasteiger partial charge in [-0.05, 0) is 54.1 Å². The summed E-state index contributed by atoms with van der Waals surface area (Å²) in [6.45, 7) is 0. The smallest absolute Gasteiger partial charge is 0.343 e. The number of hydrogen-bond acceptors (Lipinski definition) is 8. The van der Waals surface area contributed by atoms with Crippen LogP contribution in [0.25, 0.3) is 11.3 Å². The average Bonchev–Trinajstić information content (AvgIpc) is 3.29. The number of nitro benzene ring substituents is 1. The highest BCUT2D eigenvalue weighted by Gasteiger charge is 2.11. The van der Waals surface area contributed by atoms with Crippen LogP contribution in [0.5, 0.6) is 5.75 Å². The molecular formula is C23H15BrN4O4S. The molecular weight excluding hydrogens is 508 g/mol. The lowest BCUT2D eigenvalue weighted by atomic mass is 10.2. The summed E-state index contributed by atoms with van der Waals surface area (Å²) in [6, 6.07) is 19.9. The van der Waals surface area contributed by atoms with Gasteiger partial charge in [-0.25, -0.2) is 9.78 Å². The summed E-state index contributed by atoms with van der Waals surface area (Å²) in [5, 5.41) is 17.5. The van der Waals surface area contributed by atoms with E-state index < -0.39 is 10.9 Å². The standard InChI is InChI=1S/C23H15BrN4O4S/c24-18-7-3-16(4-8-18)21-14-33-23(26-21)27-25-13-15-1-11-20(12-2-15)32-22(29)17-5-9-19(10-6-17)28(30)31/h1-14H,(H,26,27)/b25-13-. The molecule has 33 heavy (non-hydrogen) atoms. The van der Waals surface area contributed by atoms with Gasteiger partial charge in [0, 0.05) is 27.5 Å². The van der Waals surface area contributed by atoms with E-state index in [1.165, 1.54) is 35.6 Å². The third-order valence-electron chi connectivity index (χ3n) is 4.42. The molecule has 0 saturated heterocycles. The van der Waals surface area contributed by atoms with Crippen molar-refractivity contribution in [1.29, 1.82) is 0 Å². The molecule has 4 aromatic rings. The van der Waals surface area contributed by atoms with E-state index in [0.717, 1.165) is 21.3 Å². The first-order chi connectivity index (χ1) is 16.0. The van der Waals surface area contributed by atoms with E-state index in [9.17, 15) is 14.9 Å². The molecule has 1 N–H and O–H groups in total. The Hall–Kier alpha value is -3.89. The number of hydrazone groups is 1. The zero-order chi connectivity index (χ0) is 23.2. The SMILES string of the molecule is O=C(Oc1ccc(/C=N\Nc2nc(-c3ccc(Br)cc3)cs2)cc1)c1ccc([N+](=O)[O-])cc1. The fourth-order valence-electron chi connectivity index (χ4n) is 2.75. The van der Waals surface area contributed by atoms with Gasteiger partial charge in [0.05, 0.1) is 22.4 Å². The van der Waals surface area contributed by atoms with Gasteiger partial charge in [0.15, 0.2) is 0 Å². The van der Waals surface area contributed by atoms with Gasteiger partial charge in [-0.3, -0.25) is 15.5 Å². The monoisotopic (exact) mass is 522 g/mol. The Kier molecular flexibility index (Phi) is 6.86. The van der Waals surface area contributed by atoms with Gasteiger partial charge in [0.25, 0.3) is 5.69 Å².